The minimum atomic E-state index is -0.497. The predicted octanol–water partition coefficient (Wildman–Crippen LogP) is -1.62. The number of nitrogens with two attached hydrogens (primary N) is 1. The number of nitrogens with one attached hydrogen (secondary N) is 2. The van der Waals surface area contributed by atoms with Crippen molar-refractivity contribution in [2.24, 2.45) is 5.73 Å². The number of carbonyl (C=O) groups is 2. The van der Waals surface area contributed by atoms with E-state index in [9.17, 15) is 9.59 Å². The summed E-state index contributed by atoms with van der Waals surface area (Å²) >= 11 is 0. The van der Waals surface area contributed by atoms with Crippen LogP contribution in [0.15, 0.2) is 0 Å². The Labute approximate surface area is 91.2 Å². The quantitative estimate of drug-likeness (QED) is 0.486. The van der Waals surface area contributed by atoms with Gasteiger partial charge in [0.15, 0.2) is 0 Å². The van der Waals surface area contributed by atoms with Gasteiger partial charge >= 0.3 is 11.8 Å². The molecule has 1 aliphatic heterocycles. The van der Waals surface area contributed by atoms with Crippen LogP contribution in [0.25, 0.3) is 0 Å². The number of piperazine rings is 1. The van der Waals surface area contributed by atoms with Gasteiger partial charge in [0.25, 0.3) is 0 Å². The van der Waals surface area contributed by atoms with Crippen molar-refractivity contribution in [2.75, 3.05) is 40.3 Å². The Morgan fingerprint density at radius 1 is 1.53 bits per heavy atom. The van der Waals surface area contributed by atoms with Crippen LogP contribution < -0.4 is 16.4 Å². The minimum Gasteiger partial charge on any atom is -0.346 e. The number of likely N-dealkylation sites (N-methyl/N-ethyl adjacent to an activating group) is 2. The highest BCUT2D eigenvalue weighted by Crippen LogP contribution is 1.88. The van der Waals surface area contributed by atoms with Crippen LogP contribution in [0.5, 0.6) is 0 Å². The van der Waals surface area contributed by atoms with Crippen LogP contribution in [0, 0.1) is 0 Å². The van der Waals surface area contributed by atoms with Crippen molar-refractivity contribution in [2.45, 2.75) is 7.43 Å². The molecular formula is C9H22N4O2. The Hall–Kier alpha value is -1.14. The summed E-state index contributed by atoms with van der Waals surface area (Å²) < 4.78 is 0. The number of carbonyl (C=O) groups excluding carboxylic acids is 2. The molecule has 0 aromatic rings. The zero-order valence-electron chi connectivity index (χ0n) is 8.67. The second-order valence-corrected chi connectivity index (χ2v) is 2.87. The first kappa shape index (κ1) is 16.3. The molecule has 6 heteroatoms. The molecule has 0 spiro atoms. The first-order chi connectivity index (χ1) is 6.63. The zero-order chi connectivity index (χ0) is 11.0. The lowest BCUT2D eigenvalue weighted by Gasteiger charge is -2.21. The molecule has 1 rings (SSSR count). The summed E-state index contributed by atoms with van der Waals surface area (Å²) in [7, 11) is 3.49. The van der Waals surface area contributed by atoms with E-state index in [0.29, 0.717) is 13.1 Å². The predicted molar refractivity (Wildman–Crippen MR) is 60.4 cm³/mol. The standard InChI is InChI=1S/C5H8N2O2.C3H10N2.CH4/c1-7-3-2-6-4(8)5(7)9;1-5-3-2-4;/h2-3H2,1H3,(H,6,8);5H,2-4H2,1H3;1H4. The summed E-state index contributed by atoms with van der Waals surface area (Å²) in [5, 5.41) is 5.32. The molecule has 6 nitrogen and oxygen atoms in total. The molecule has 0 aromatic carbocycles. The topological polar surface area (TPSA) is 87.5 Å². The third kappa shape index (κ3) is 6.87. The number of rotatable bonds is 2. The maximum Gasteiger partial charge on any atom is 0.311 e. The molecule has 2 amide bonds. The normalized spacial score (nSPS) is 14.7. The van der Waals surface area contributed by atoms with Crippen LogP contribution in [0.2, 0.25) is 0 Å². The summed E-state index contributed by atoms with van der Waals surface area (Å²) in [5.74, 6) is -0.940. The Morgan fingerprint density at radius 3 is 2.40 bits per heavy atom. The molecular weight excluding hydrogens is 196 g/mol. The van der Waals surface area contributed by atoms with Gasteiger partial charge in [-0.25, -0.2) is 0 Å². The molecule has 1 heterocycles. The molecule has 0 atom stereocenters. The molecule has 1 fully saturated rings. The van der Waals surface area contributed by atoms with Crippen molar-refractivity contribution in [3.63, 3.8) is 0 Å². The minimum absolute atomic E-state index is 0. The first-order valence-corrected chi connectivity index (χ1v) is 4.51. The fourth-order valence-electron chi connectivity index (χ4n) is 0.832. The van der Waals surface area contributed by atoms with Crippen molar-refractivity contribution in [1.29, 1.82) is 0 Å². The second-order valence-electron chi connectivity index (χ2n) is 2.87. The first-order valence-electron chi connectivity index (χ1n) is 4.51. The summed E-state index contributed by atoms with van der Waals surface area (Å²) in [6.45, 7) is 2.84. The zero-order valence-corrected chi connectivity index (χ0v) is 8.67. The van der Waals surface area contributed by atoms with Crippen molar-refractivity contribution >= 4 is 11.8 Å². The van der Waals surface area contributed by atoms with E-state index < -0.39 is 11.8 Å². The highest BCUT2D eigenvalue weighted by Gasteiger charge is 2.21. The molecule has 4 N–H and O–H groups in total. The SMILES string of the molecule is C.CN1CCNC(=O)C1=O.CNCCN. The fraction of sp³-hybridized carbons (Fsp3) is 0.778. The summed E-state index contributed by atoms with van der Waals surface area (Å²) in [4.78, 5) is 22.5. The number of amides is 2. The van der Waals surface area contributed by atoms with Gasteiger partial charge in [0.1, 0.15) is 0 Å². The number of nitrogens with zero attached hydrogens (tertiary/aromatic N) is 1. The molecule has 1 saturated heterocycles. The van der Waals surface area contributed by atoms with E-state index in [-0.39, 0.29) is 7.43 Å². The Morgan fingerprint density at radius 2 is 2.13 bits per heavy atom. The average Bonchev–Trinajstić information content (AvgIpc) is 2.16. The van der Waals surface area contributed by atoms with Gasteiger partial charge in [-0.15, -0.1) is 0 Å². The molecule has 0 unspecified atom stereocenters. The monoisotopic (exact) mass is 218 g/mol. The highest BCUT2D eigenvalue weighted by atomic mass is 16.2. The van der Waals surface area contributed by atoms with Crippen LogP contribution in [0.4, 0.5) is 0 Å². The van der Waals surface area contributed by atoms with Crippen LogP contribution in [0.1, 0.15) is 7.43 Å². The smallest absolute Gasteiger partial charge is 0.311 e. The maximum absolute atomic E-state index is 10.6. The molecule has 15 heavy (non-hydrogen) atoms. The molecule has 90 valence electrons. The summed E-state index contributed by atoms with van der Waals surface area (Å²) in [6, 6.07) is 0. The lowest BCUT2D eigenvalue weighted by atomic mass is 10.4. The molecule has 0 aliphatic carbocycles. The van der Waals surface area contributed by atoms with E-state index in [1.165, 1.54) is 4.90 Å². The van der Waals surface area contributed by atoms with E-state index in [2.05, 4.69) is 10.6 Å². The van der Waals surface area contributed by atoms with Crippen LogP contribution in [-0.2, 0) is 9.59 Å². The Balaban J connectivity index is 0. The average molecular weight is 218 g/mol. The highest BCUT2D eigenvalue weighted by molar-refractivity contribution is 6.35. The molecule has 0 saturated carbocycles. The van der Waals surface area contributed by atoms with E-state index in [1.54, 1.807) is 7.05 Å². The van der Waals surface area contributed by atoms with E-state index >= 15 is 0 Å². The van der Waals surface area contributed by atoms with Gasteiger partial charge in [-0.1, -0.05) is 7.43 Å². The van der Waals surface area contributed by atoms with E-state index in [1.807, 2.05) is 7.05 Å². The lowest BCUT2D eigenvalue weighted by molar-refractivity contribution is -0.147. The van der Waals surface area contributed by atoms with Gasteiger partial charge in [-0.2, -0.15) is 0 Å². The van der Waals surface area contributed by atoms with Gasteiger partial charge in [0.05, 0.1) is 0 Å². The van der Waals surface area contributed by atoms with E-state index in [0.717, 1.165) is 13.1 Å². The van der Waals surface area contributed by atoms with Crippen LogP contribution in [-0.4, -0.2) is 57.0 Å². The second kappa shape index (κ2) is 9.42. The number of hydrogen-bond donors (Lipinski definition) is 3. The third-order valence-corrected chi connectivity index (χ3v) is 1.67. The molecule has 0 radical (unpaired) electrons. The van der Waals surface area contributed by atoms with Crippen molar-refractivity contribution < 1.29 is 9.59 Å². The maximum atomic E-state index is 10.6. The largest absolute Gasteiger partial charge is 0.346 e. The molecule has 1 aliphatic rings. The van der Waals surface area contributed by atoms with Crippen LogP contribution >= 0.6 is 0 Å². The Bertz CT molecular complexity index is 195. The lowest BCUT2D eigenvalue weighted by Crippen LogP contribution is -2.50. The van der Waals surface area contributed by atoms with Gasteiger partial charge in [-0.05, 0) is 7.05 Å². The summed E-state index contributed by atoms with van der Waals surface area (Å²) in [6.07, 6.45) is 0. The molecule has 0 aromatic heterocycles. The van der Waals surface area contributed by atoms with Crippen molar-refractivity contribution in [3.05, 3.63) is 0 Å². The fourth-order valence-corrected chi connectivity index (χ4v) is 0.832. The van der Waals surface area contributed by atoms with Gasteiger partial charge in [0.2, 0.25) is 0 Å². The van der Waals surface area contributed by atoms with Gasteiger partial charge in [0, 0.05) is 33.2 Å². The van der Waals surface area contributed by atoms with Crippen molar-refractivity contribution in [1.82, 2.24) is 15.5 Å². The van der Waals surface area contributed by atoms with Crippen molar-refractivity contribution in [3.8, 4) is 0 Å². The van der Waals surface area contributed by atoms with E-state index in [4.69, 9.17) is 5.73 Å². The number of hydrogen-bond acceptors (Lipinski definition) is 4. The Kier molecular flexibility index (Phi) is 10.2. The third-order valence-electron chi connectivity index (χ3n) is 1.67. The van der Waals surface area contributed by atoms with Gasteiger partial charge in [-0.3, -0.25) is 9.59 Å². The molecule has 0 bridgehead atoms. The van der Waals surface area contributed by atoms with Gasteiger partial charge < -0.3 is 21.3 Å². The van der Waals surface area contributed by atoms with Crippen LogP contribution in [0.3, 0.4) is 0 Å². The summed E-state index contributed by atoms with van der Waals surface area (Å²) in [5.41, 5.74) is 5.08.